The van der Waals surface area contributed by atoms with Crippen molar-refractivity contribution in [3.05, 3.63) is 59.6 Å². The van der Waals surface area contributed by atoms with Crippen LogP contribution in [0.4, 0.5) is 4.39 Å². The lowest BCUT2D eigenvalue weighted by molar-refractivity contribution is 0.00844. The number of carbonyl (C=O) groups excluding carboxylic acids is 1. The van der Waals surface area contributed by atoms with E-state index in [4.69, 9.17) is 15.0 Å². The molecule has 1 fully saturated rings. The molecule has 2 N–H and O–H groups in total. The van der Waals surface area contributed by atoms with Gasteiger partial charge in [0, 0.05) is 24.1 Å². The van der Waals surface area contributed by atoms with E-state index in [9.17, 15) is 9.18 Å². The molecule has 1 aromatic carbocycles. The predicted octanol–water partition coefficient (Wildman–Crippen LogP) is 2.93. The van der Waals surface area contributed by atoms with Gasteiger partial charge in [-0.2, -0.15) is 4.98 Å². The van der Waals surface area contributed by atoms with Crippen LogP contribution in [0.2, 0.25) is 0 Å². The van der Waals surface area contributed by atoms with Crippen LogP contribution in [0.1, 0.15) is 42.8 Å². The third-order valence-corrected chi connectivity index (χ3v) is 4.99. The first-order valence-corrected chi connectivity index (χ1v) is 9.97. The first kappa shape index (κ1) is 20.9. The van der Waals surface area contributed by atoms with E-state index in [1.54, 1.807) is 24.4 Å². The first-order valence-electron chi connectivity index (χ1n) is 9.97. The molecule has 31 heavy (non-hydrogen) atoms. The van der Waals surface area contributed by atoms with Gasteiger partial charge in [0.15, 0.2) is 5.82 Å². The number of hydrogen-bond acceptors (Lipinski definition) is 7. The van der Waals surface area contributed by atoms with E-state index in [0.717, 1.165) is 13.1 Å². The monoisotopic (exact) mass is 425 g/mol. The number of benzene rings is 1. The molecule has 9 heteroatoms. The Bertz CT molecular complexity index is 1090. The number of amides is 1. The summed E-state index contributed by atoms with van der Waals surface area (Å²) in [6.45, 7) is 8.21. The average Bonchev–Trinajstić information content (AvgIpc) is 3.16. The van der Waals surface area contributed by atoms with E-state index in [1.807, 2.05) is 20.8 Å². The molecule has 0 unspecified atom stereocenters. The van der Waals surface area contributed by atoms with Gasteiger partial charge in [-0.3, -0.25) is 14.7 Å². The topological polar surface area (TPSA) is 107 Å². The van der Waals surface area contributed by atoms with Crippen LogP contribution in [0.25, 0.3) is 11.3 Å². The summed E-state index contributed by atoms with van der Waals surface area (Å²) in [6, 6.07) is 7.75. The molecule has 0 radical (unpaired) electrons. The van der Waals surface area contributed by atoms with E-state index in [-0.39, 0.29) is 17.1 Å². The van der Waals surface area contributed by atoms with Crippen molar-refractivity contribution in [2.45, 2.75) is 38.8 Å². The van der Waals surface area contributed by atoms with E-state index in [1.165, 1.54) is 12.1 Å². The minimum atomic E-state index is -0.802. The number of primary amides is 1. The van der Waals surface area contributed by atoms with Crippen molar-refractivity contribution in [3.63, 3.8) is 0 Å². The molecule has 4 rings (SSSR count). The summed E-state index contributed by atoms with van der Waals surface area (Å²) >= 11 is 0. The zero-order chi connectivity index (χ0) is 22.2. The van der Waals surface area contributed by atoms with Crippen LogP contribution in [0.15, 0.2) is 41.1 Å². The van der Waals surface area contributed by atoms with Crippen LogP contribution in [0.3, 0.4) is 0 Å². The Labute approximate surface area is 179 Å². The molecular weight excluding hydrogens is 401 g/mol. The predicted molar refractivity (Wildman–Crippen MR) is 111 cm³/mol. The van der Waals surface area contributed by atoms with Gasteiger partial charge in [-0.1, -0.05) is 32.0 Å². The van der Waals surface area contributed by atoms with Crippen molar-refractivity contribution in [2.24, 2.45) is 5.73 Å². The minimum Gasteiger partial charge on any atom is -0.486 e. The Balaban J connectivity index is 1.30. The average molecular weight is 425 g/mol. The number of halogens is 1. The van der Waals surface area contributed by atoms with Crippen molar-refractivity contribution in [1.29, 1.82) is 0 Å². The van der Waals surface area contributed by atoms with Crippen LogP contribution < -0.4 is 10.5 Å². The maximum atomic E-state index is 14.0. The van der Waals surface area contributed by atoms with Gasteiger partial charge in [0.1, 0.15) is 17.7 Å². The van der Waals surface area contributed by atoms with Crippen molar-refractivity contribution < 1.29 is 18.4 Å². The highest BCUT2D eigenvalue weighted by Gasteiger charge is 2.30. The minimum absolute atomic E-state index is 0.0463. The second-order valence-corrected chi connectivity index (χ2v) is 8.63. The fourth-order valence-electron chi connectivity index (χ4n) is 3.23. The summed E-state index contributed by atoms with van der Waals surface area (Å²) in [7, 11) is 0. The Morgan fingerprint density at radius 2 is 2.06 bits per heavy atom. The lowest BCUT2D eigenvalue weighted by Gasteiger charge is -2.37. The highest BCUT2D eigenvalue weighted by atomic mass is 19.1. The van der Waals surface area contributed by atoms with Gasteiger partial charge in [0.2, 0.25) is 5.89 Å². The number of nitrogens with zero attached hydrogens (tertiary/aromatic N) is 4. The zero-order valence-corrected chi connectivity index (χ0v) is 17.6. The molecule has 0 atom stereocenters. The van der Waals surface area contributed by atoms with Crippen LogP contribution in [0.5, 0.6) is 5.75 Å². The summed E-state index contributed by atoms with van der Waals surface area (Å²) in [5.41, 5.74) is 5.97. The van der Waals surface area contributed by atoms with Gasteiger partial charge in [0.25, 0.3) is 5.91 Å². The number of pyridine rings is 1. The maximum Gasteiger partial charge on any atom is 0.251 e. The van der Waals surface area contributed by atoms with Gasteiger partial charge < -0.3 is 15.0 Å². The summed E-state index contributed by atoms with van der Waals surface area (Å²) in [4.78, 5) is 22.1. The molecule has 0 aliphatic carbocycles. The molecule has 1 amide bonds. The Morgan fingerprint density at radius 1 is 1.29 bits per heavy atom. The summed E-state index contributed by atoms with van der Waals surface area (Å²) in [6.07, 6.45) is 1.65. The summed E-state index contributed by atoms with van der Waals surface area (Å²) in [5.74, 6) is 0.465. The fourth-order valence-corrected chi connectivity index (χ4v) is 3.23. The number of carbonyl (C=O) groups is 1. The molecule has 0 bridgehead atoms. The van der Waals surface area contributed by atoms with E-state index >= 15 is 0 Å². The van der Waals surface area contributed by atoms with Crippen LogP contribution >= 0.6 is 0 Å². The van der Waals surface area contributed by atoms with Gasteiger partial charge in [-0.25, -0.2) is 4.39 Å². The third kappa shape index (κ3) is 4.72. The van der Waals surface area contributed by atoms with Gasteiger partial charge in [0.05, 0.1) is 24.0 Å². The second-order valence-electron chi connectivity index (χ2n) is 8.63. The van der Waals surface area contributed by atoms with E-state index in [0.29, 0.717) is 35.3 Å². The highest BCUT2D eigenvalue weighted by molar-refractivity contribution is 5.93. The molecule has 162 valence electrons. The Morgan fingerprint density at radius 3 is 2.65 bits per heavy atom. The fraction of sp³-hybridized carbons (Fsp3) is 0.364. The SMILES string of the molecule is CC(C)(C)c1noc(CN2CC(Oc3ccc(-c4ccc(C(N)=O)c(F)c4)nc3)C2)n1. The highest BCUT2D eigenvalue weighted by Crippen LogP contribution is 2.24. The molecule has 3 aromatic rings. The smallest absolute Gasteiger partial charge is 0.251 e. The molecule has 3 heterocycles. The second kappa shape index (κ2) is 8.07. The zero-order valence-electron chi connectivity index (χ0n) is 17.6. The van der Waals surface area contributed by atoms with Crippen LogP contribution in [-0.4, -0.2) is 45.1 Å². The van der Waals surface area contributed by atoms with Crippen molar-refractivity contribution in [1.82, 2.24) is 20.0 Å². The van der Waals surface area contributed by atoms with Gasteiger partial charge in [-0.05, 0) is 24.3 Å². The Hall–Kier alpha value is -3.33. The molecule has 1 aliphatic rings. The number of likely N-dealkylation sites (tertiary alicyclic amines) is 1. The molecule has 0 saturated carbocycles. The van der Waals surface area contributed by atoms with Gasteiger partial charge in [-0.15, -0.1) is 0 Å². The van der Waals surface area contributed by atoms with Gasteiger partial charge >= 0.3 is 0 Å². The van der Waals surface area contributed by atoms with Crippen molar-refractivity contribution in [2.75, 3.05) is 13.1 Å². The molecule has 8 nitrogen and oxygen atoms in total. The van der Waals surface area contributed by atoms with Crippen LogP contribution in [0, 0.1) is 5.82 Å². The summed E-state index contributed by atoms with van der Waals surface area (Å²) in [5, 5.41) is 4.04. The van der Waals surface area contributed by atoms with Crippen molar-refractivity contribution >= 4 is 5.91 Å². The summed E-state index contributed by atoms with van der Waals surface area (Å²) < 4.78 is 25.2. The lowest BCUT2D eigenvalue weighted by Crippen LogP contribution is -2.53. The van der Waals surface area contributed by atoms with Crippen molar-refractivity contribution in [3.8, 4) is 17.0 Å². The maximum absolute atomic E-state index is 14.0. The number of rotatable bonds is 6. The largest absolute Gasteiger partial charge is 0.486 e. The first-order chi connectivity index (χ1) is 14.7. The lowest BCUT2D eigenvalue weighted by atomic mass is 9.96. The quantitative estimate of drug-likeness (QED) is 0.647. The molecule has 0 spiro atoms. The number of ether oxygens (including phenoxy) is 1. The van der Waals surface area contributed by atoms with E-state index in [2.05, 4.69) is 20.0 Å². The third-order valence-electron chi connectivity index (χ3n) is 4.99. The molecule has 1 aliphatic heterocycles. The van der Waals surface area contributed by atoms with Crippen LogP contribution in [-0.2, 0) is 12.0 Å². The normalized spacial score (nSPS) is 15.0. The molecule has 1 saturated heterocycles. The Kier molecular flexibility index (Phi) is 5.45. The molecule has 2 aromatic heterocycles. The number of aromatic nitrogens is 3. The van der Waals surface area contributed by atoms with E-state index < -0.39 is 11.7 Å². The number of hydrogen-bond donors (Lipinski definition) is 1. The number of nitrogens with two attached hydrogens (primary N) is 1. The molecular formula is C22H24FN5O3. The standard InChI is InChI=1S/C22H24FN5O3/c1-22(2,3)21-26-19(31-27-21)12-28-10-15(11-28)30-14-5-7-18(25-9-14)13-4-6-16(20(24)29)17(23)8-13/h4-9,15H,10-12H2,1-3H3,(H2,24,29).